The summed E-state index contributed by atoms with van der Waals surface area (Å²) in [5.41, 5.74) is 5.49. The lowest BCUT2D eigenvalue weighted by Gasteiger charge is -2.05. The molecule has 1 aromatic heterocycles. The average molecular weight is 231 g/mol. The molecule has 0 aliphatic heterocycles. The summed E-state index contributed by atoms with van der Waals surface area (Å²) in [6.07, 6.45) is -0.296. The summed E-state index contributed by atoms with van der Waals surface area (Å²) >= 11 is 1.77. The zero-order valence-corrected chi connectivity index (χ0v) is 10.1. The van der Waals surface area contributed by atoms with E-state index in [2.05, 4.69) is 24.0 Å². The Morgan fingerprint density at radius 3 is 2.80 bits per heavy atom. The van der Waals surface area contributed by atoms with Crippen molar-refractivity contribution in [1.29, 1.82) is 0 Å². The fourth-order valence-electron chi connectivity index (χ4n) is 0.996. The van der Waals surface area contributed by atoms with Gasteiger partial charge in [-0.1, -0.05) is 19.0 Å². The number of hydrogen-bond acceptors (Lipinski definition) is 6. The molecule has 0 saturated carbocycles. The SMILES string of the molecule is COC(CN)c1nc(CSC(C)C)no1. The highest BCUT2D eigenvalue weighted by molar-refractivity contribution is 7.99. The summed E-state index contributed by atoms with van der Waals surface area (Å²) in [5.74, 6) is 1.90. The number of nitrogens with two attached hydrogens (primary N) is 1. The minimum Gasteiger partial charge on any atom is -0.370 e. The molecule has 1 rings (SSSR count). The molecule has 0 fully saturated rings. The van der Waals surface area contributed by atoms with Gasteiger partial charge >= 0.3 is 0 Å². The monoisotopic (exact) mass is 231 g/mol. The fraction of sp³-hybridized carbons (Fsp3) is 0.778. The van der Waals surface area contributed by atoms with Crippen molar-refractivity contribution < 1.29 is 9.26 Å². The third kappa shape index (κ3) is 3.81. The van der Waals surface area contributed by atoms with Crippen LogP contribution in [0.4, 0.5) is 0 Å². The highest BCUT2D eigenvalue weighted by atomic mass is 32.2. The van der Waals surface area contributed by atoms with Gasteiger partial charge in [-0.05, 0) is 5.25 Å². The first-order valence-electron chi connectivity index (χ1n) is 4.84. The van der Waals surface area contributed by atoms with Crippen molar-refractivity contribution in [1.82, 2.24) is 10.1 Å². The van der Waals surface area contributed by atoms with Gasteiger partial charge in [-0.2, -0.15) is 16.7 Å². The molecule has 15 heavy (non-hydrogen) atoms. The van der Waals surface area contributed by atoms with E-state index < -0.39 is 0 Å². The van der Waals surface area contributed by atoms with Crippen LogP contribution in [0.5, 0.6) is 0 Å². The Balaban J connectivity index is 2.55. The molecule has 1 aromatic rings. The normalized spacial score (nSPS) is 13.4. The van der Waals surface area contributed by atoms with Crippen LogP contribution >= 0.6 is 11.8 Å². The predicted molar refractivity (Wildman–Crippen MR) is 59.5 cm³/mol. The van der Waals surface area contributed by atoms with Crippen LogP contribution in [0.25, 0.3) is 0 Å². The van der Waals surface area contributed by atoms with Crippen LogP contribution in [0.3, 0.4) is 0 Å². The van der Waals surface area contributed by atoms with Gasteiger partial charge in [0.15, 0.2) is 5.82 Å². The van der Waals surface area contributed by atoms with Gasteiger partial charge in [0.05, 0.1) is 5.75 Å². The van der Waals surface area contributed by atoms with Gasteiger partial charge in [-0.3, -0.25) is 0 Å². The maximum absolute atomic E-state index is 5.49. The van der Waals surface area contributed by atoms with E-state index in [4.69, 9.17) is 15.0 Å². The molecule has 2 N–H and O–H groups in total. The van der Waals surface area contributed by atoms with E-state index in [1.54, 1.807) is 18.9 Å². The summed E-state index contributed by atoms with van der Waals surface area (Å²) in [5, 5.41) is 4.42. The van der Waals surface area contributed by atoms with Crippen molar-refractivity contribution >= 4 is 11.8 Å². The highest BCUT2D eigenvalue weighted by Gasteiger charge is 2.16. The Kier molecular flexibility index (Phi) is 5.07. The van der Waals surface area contributed by atoms with Gasteiger partial charge < -0.3 is 15.0 Å². The van der Waals surface area contributed by atoms with Crippen molar-refractivity contribution in [3.63, 3.8) is 0 Å². The van der Waals surface area contributed by atoms with E-state index >= 15 is 0 Å². The summed E-state index contributed by atoms with van der Waals surface area (Å²) in [6, 6.07) is 0. The Hall–Kier alpha value is -0.590. The summed E-state index contributed by atoms with van der Waals surface area (Å²) < 4.78 is 10.2. The largest absolute Gasteiger partial charge is 0.370 e. The van der Waals surface area contributed by atoms with Crippen LogP contribution in [0, 0.1) is 0 Å². The second-order valence-corrected chi connectivity index (χ2v) is 4.93. The number of rotatable bonds is 6. The van der Waals surface area contributed by atoms with Crippen molar-refractivity contribution in [2.45, 2.75) is 31.0 Å². The van der Waals surface area contributed by atoms with Crippen LogP contribution in [0.15, 0.2) is 4.52 Å². The Labute approximate surface area is 93.7 Å². The average Bonchev–Trinajstić information content (AvgIpc) is 2.65. The van der Waals surface area contributed by atoms with Crippen LogP contribution < -0.4 is 5.73 Å². The van der Waals surface area contributed by atoms with Crippen LogP contribution in [-0.2, 0) is 10.5 Å². The molecule has 0 radical (unpaired) electrons. The summed E-state index contributed by atoms with van der Waals surface area (Å²) in [4.78, 5) is 4.22. The molecule has 0 saturated heterocycles. The number of ether oxygens (including phenoxy) is 1. The molecule has 6 heteroatoms. The third-order valence-electron chi connectivity index (χ3n) is 1.80. The maximum atomic E-state index is 5.49. The van der Waals surface area contributed by atoms with Gasteiger partial charge in [0.25, 0.3) is 5.89 Å². The zero-order valence-electron chi connectivity index (χ0n) is 9.27. The van der Waals surface area contributed by atoms with Gasteiger partial charge in [-0.25, -0.2) is 0 Å². The van der Waals surface area contributed by atoms with Crippen molar-refractivity contribution in [3.05, 3.63) is 11.7 Å². The minimum atomic E-state index is -0.296. The second-order valence-electron chi connectivity index (χ2n) is 3.37. The lowest BCUT2D eigenvalue weighted by atomic mass is 10.3. The molecular weight excluding hydrogens is 214 g/mol. The van der Waals surface area contributed by atoms with Gasteiger partial charge in [0.1, 0.15) is 6.10 Å². The first-order valence-corrected chi connectivity index (χ1v) is 5.89. The summed E-state index contributed by atoms with van der Waals surface area (Å²) in [6.45, 7) is 4.60. The smallest absolute Gasteiger partial charge is 0.257 e. The van der Waals surface area contributed by atoms with Gasteiger partial charge in [0, 0.05) is 13.7 Å². The molecule has 1 unspecified atom stereocenters. The number of thioether (sulfide) groups is 1. The lowest BCUT2D eigenvalue weighted by Crippen LogP contribution is -2.14. The lowest BCUT2D eigenvalue weighted by molar-refractivity contribution is 0.0804. The molecule has 0 aliphatic rings. The molecule has 0 amide bonds. The molecule has 0 spiro atoms. The standard InChI is InChI=1S/C9H17N3O2S/c1-6(2)15-5-8-11-9(14-12-8)7(4-10)13-3/h6-7H,4-5,10H2,1-3H3. The number of nitrogens with zero attached hydrogens (tertiary/aromatic N) is 2. The molecule has 0 aliphatic carbocycles. The quantitative estimate of drug-likeness (QED) is 0.796. The first kappa shape index (κ1) is 12.5. The van der Waals surface area contributed by atoms with Crippen molar-refractivity contribution in [3.8, 4) is 0 Å². The van der Waals surface area contributed by atoms with Crippen LogP contribution in [0.2, 0.25) is 0 Å². The van der Waals surface area contributed by atoms with Crippen molar-refractivity contribution in [2.75, 3.05) is 13.7 Å². The zero-order chi connectivity index (χ0) is 11.3. The van der Waals surface area contributed by atoms with E-state index in [0.717, 1.165) is 5.75 Å². The van der Waals surface area contributed by atoms with E-state index in [1.807, 2.05) is 0 Å². The van der Waals surface area contributed by atoms with Crippen LogP contribution in [0.1, 0.15) is 31.7 Å². The van der Waals surface area contributed by atoms with E-state index in [9.17, 15) is 0 Å². The van der Waals surface area contributed by atoms with Crippen LogP contribution in [-0.4, -0.2) is 29.0 Å². The Morgan fingerprint density at radius 2 is 2.27 bits per heavy atom. The molecule has 1 heterocycles. The molecule has 1 atom stereocenters. The van der Waals surface area contributed by atoms with Gasteiger partial charge in [-0.15, -0.1) is 0 Å². The van der Waals surface area contributed by atoms with E-state index in [-0.39, 0.29) is 6.10 Å². The van der Waals surface area contributed by atoms with E-state index in [1.165, 1.54) is 0 Å². The maximum Gasteiger partial charge on any atom is 0.257 e. The van der Waals surface area contributed by atoms with Gasteiger partial charge in [0.2, 0.25) is 0 Å². The number of aromatic nitrogens is 2. The topological polar surface area (TPSA) is 74.2 Å². The summed E-state index contributed by atoms with van der Waals surface area (Å²) in [7, 11) is 1.57. The number of hydrogen-bond donors (Lipinski definition) is 1. The Morgan fingerprint density at radius 1 is 1.53 bits per heavy atom. The molecule has 5 nitrogen and oxygen atoms in total. The first-order chi connectivity index (χ1) is 7.17. The third-order valence-corrected chi connectivity index (χ3v) is 2.90. The van der Waals surface area contributed by atoms with E-state index in [0.29, 0.717) is 23.5 Å². The fourth-order valence-corrected chi connectivity index (χ4v) is 1.60. The highest BCUT2D eigenvalue weighted by Crippen LogP contribution is 2.17. The molecular formula is C9H17N3O2S. The Bertz CT molecular complexity index is 287. The van der Waals surface area contributed by atoms with Crippen molar-refractivity contribution in [2.24, 2.45) is 5.73 Å². The number of methoxy groups -OCH3 is 1. The molecule has 86 valence electrons. The minimum absolute atomic E-state index is 0.296. The molecule has 0 bridgehead atoms. The molecule has 0 aromatic carbocycles. The second kappa shape index (κ2) is 6.09. The predicted octanol–water partition coefficient (Wildman–Crippen LogP) is 1.36.